The van der Waals surface area contributed by atoms with Crippen molar-refractivity contribution < 1.29 is 9.32 Å². The number of nitrogens with zero attached hydrogens (tertiary/aromatic N) is 2. The van der Waals surface area contributed by atoms with Crippen LogP contribution in [0.2, 0.25) is 0 Å². The SMILES string of the molecule is CCn1c(C)cc(C)c(C(=O)NCCCc2c(C)noc2C)c1=O. The van der Waals surface area contributed by atoms with E-state index in [0.717, 1.165) is 35.6 Å². The van der Waals surface area contributed by atoms with Crippen LogP contribution in [-0.2, 0) is 13.0 Å². The highest BCUT2D eigenvalue weighted by molar-refractivity contribution is 5.95. The zero-order valence-electron chi connectivity index (χ0n) is 15.0. The lowest BCUT2D eigenvalue weighted by molar-refractivity contribution is 0.0950. The first-order valence-electron chi connectivity index (χ1n) is 8.27. The smallest absolute Gasteiger partial charge is 0.263 e. The molecule has 1 amide bonds. The van der Waals surface area contributed by atoms with Gasteiger partial charge in [-0.2, -0.15) is 0 Å². The lowest BCUT2D eigenvalue weighted by Gasteiger charge is -2.13. The summed E-state index contributed by atoms with van der Waals surface area (Å²) in [5.41, 5.74) is 3.57. The monoisotopic (exact) mass is 331 g/mol. The number of aromatic nitrogens is 2. The zero-order chi connectivity index (χ0) is 17.9. The van der Waals surface area contributed by atoms with E-state index in [-0.39, 0.29) is 17.0 Å². The highest BCUT2D eigenvalue weighted by atomic mass is 16.5. The number of hydrogen-bond acceptors (Lipinski definition) is 4. The summed E-state index contributed by atoms with van der Waals surface area (Å²) in [6, 6.07) is 1.88. The predicted molar refractivity (Wildman–Crippen MR) is 92.5 cm³/mol. The van der Waals surface area contributed by atoms with Crippen LogP contribution in [0, 0.1) is 27.7 Å². The van der Waals surface area contributed by atoms with Crippen molar-refractivity contribution in [2.75, 3.05) is 6.54 Å². The van der Waals surface area contributed by atoms with Gasteiger partial charge in [0.2, 0.25) is 0 Å². The lowest BCUT2D eigenvalue weighted by Crippen LogP contribution is -2.35. The molecule has 0 fully saturated rings. The Hall–Kier alpha value is -2.37. The normalized spacial score (nSPS) is 10.9. The maximum absolute atomic E-state index is 12.5. The molecule has 0 spiro atoms. The molecular weight excluding hydrogens is 306 g/mol. The number of rotatable bonds is 6. The number of aryl methyl sites for hydroxylation is 4. The average Bonchev–Trinajstić information content (AvgIpc) is 2.82. The van der Waals surface area contributed by atoms with E-state index in [1.807, 2.05) is 33.8 Å². The van der Waals surface area contributed by atoms with Crippen LogP contribution in [0.15, 0.2) is 15.4 Å². The van der Waals surface area contributed by atoms with E-state index in [2.05, 4.69) is 10.5 Å². The molecule has 0 bridgehead atoms. The third kappa shape index (κ3) is 3.58. The van der Waals surface area contributed by atoms with Crippen molar-refractivity contribution in [3.05, 3.63) is 50.3 Å². The van der Waals surface area contributed by atoms with E-state index in [4.69, 9.17) is 4.52 Å². The van der Waals surface area contributed by atoms with Gasteiger partial charge < -0.3 is 14.4 Å². The summed E-state index contributed by atoms with van der Waals surface area (Å²) in [5.74, 6) is 0.512. The molecule has 130 valence electrons. The van der Waals surface area contributed by atoms with Crippen LogP contribution in [-0.4, -0.2) is 22.2 Å². The molecule has 0 atom stereocenters. The largest absolute Gasteiger partial charge is 0.361 e. The van der Waals surface area contributed by atoms with E-state index in [1.165, 1.54) is 0 Å². The van der Waals surface area contributed by atoms with Gasteiger partial charge in [-0.1, -0.05) is 5.16 Å². The molecule has 0 saturated carbocycles. The molecule has 0 radical (unpaired) electrons. The molecule has 24 heavy (non-hydrogen) atoms. The van der Waals surface area contributed by atoms with E-state index in [1.54, 1.807) is 11.5 Å². The summed E-state index contributed by atoms with van der Waals surface area (Å²) < 4.78 is 6.75. The van der Waals surface area contributed by atoms with Crippen molar-refractivity contribution >= 4 is 5.91 Å². The van der Waals surface area contributed by atoms with Gasteiger partial charge >= 0.3 is 0 Å². The Bertz CT molecular complexity index is 783. The molecule has 6 nitrogen and oxygen atoms in total. The number of pyridine rings is 1. The van der Waals surface area contributed by atoms with Gasteiger partial charge in [0.05, 0.1) is 5.69 Å². The number of hydrogen-bond donors (Lipinski definition) is 1. The average molecular weight is 331 g/mol. The lowest BCUT2D eigenvalue weighted by atomic mass is 10.1. The van der Waals surface area contributed by atoms with Gasteiger partial charge in [0, 0.05) is 24.3 Å². The molecule has 6 heteroatoms. The fourth-order valence-electron chi connectivity index (χ4n) is 3.01. The van der Waals surface area contributed by atoms with Crippen molar-refractivity contribution in [3.8, 4) is 0 Å². The highest BCUT2D eigenvalue weighted by Crippen LogP contribution is 2.14. The van der Waals surface area contributed by atoms with E-state index < -0.39 is 0 Å². The number of nitrogens with one attached hydrogen (secondary N) is 1. The molecule has 2 aromatic heterocycles. The maximum atomic E-state index is 12.5. The molecule has 0 aromatic carbocycles. The van der Waals surface area contributed by atoms with Crippen LogP contribution < -0.4 is 10.9 Å². The predicted octanol–water partition coefficient (Wildman–Crippen LogP) is 2.45. The van der Waals surface area contributed by atoms with Crippen molar-refractivity contribution in [1.82, 2.24) is 15.0 Å². The van der Waals surface area contributed by atoms with Crippen LogP contribution in [0.3, 0.4) is 0 Å². The molecule has 0 aliphatic heterocycles. The quantitative estimate of drug-likeness (QED) is 0.825. The van der Waals surface area contributed by atoms with Crippen LogP contribution in [0.25, 0.3) is 0 Å². The molecule has 0 aliphatic rings. The first-order valence-corrected chi connectivity index (χ1v) is 8.27. The number of carbonyl (C=O) groups excluding carboxylic acids is 1. The van der Waals surface area contributed by atoms with Crippen molar-refractivity contribution in [1.29, 1.82) is 0 Å². The Kier molecular flexibility index (Phi) is 5.59. The summed E-state index contributed by atoms with van der Waals surface area (Å²) >= 11 is 0. The summed E-state index contributed by atoms with van der Waals surface area (Å²) in [6.45, 7) is 10.4. The summed E-state index contributed by atoms with van der Waals surface area (Å²) in [4.78, 5) is 24.9. The van der Waals surface area contributed by atoms with Crippen molar-refractivity contribution in [3.63, 3.8) is 0 Å². The van der Waals surface area contributed by atoms with Gasteiger partial charge in [-0.05, 0) is 59.1 Å². The van der Waals surface area contributed by atoms with Crippen LogP contribution in [0.5, 0.6) is 0 Å². The molecule has 0 unspecified atom stereocenters. The maximum Gasteiger partial charge on any atom is 0.263 e. The van der Waals surface area contributed by atoms with Gasteiger partial charge in [0.25, 0.3) is 11.5 Å². The molecule has 2 aromatic rings. The standard InChI is InChI=1S/C18H25N3O3/c1-6-21-12(3)10-11(2)16(18(21)23)17(22)19-9-7-8-15-13(4)20-24-14(15)5/h10H,6-9H2,1-5H3,(H,19,22). The Balaban J connectivity index is 2.02. The Morgan fingerprint density at radius 1 is 1.29 bits per heavy atom. The third-order valence-corrected chi connectivity index (χ3v) is 4.32. The minimum atomic E-state index is -0.307. The molecule has 2 heterocycles. The first kappa shape index (κ1) is 18.0. The number of amides is 1. The summed E-state index contributed by atoms with van der Waals surface area (Å²) in [5, 5.41) is 6.77. The van der Waals surface area contributed by atoms with E-state index in [0.29, 0.717) is 18.7 Å². The molecule has 0 aliphatic carbocycles. The van der Waals surface area contributed by atoms with Gasteiger partial charge in [-0.3, -0.25) is 9.59 Å². The minimum Gasteiger partial charge on any atom is -0.361 e. The van der Waals surface area contributed by atoms with Crippen LogP contribution in [0.4, 0.5) is 0 Å². The second kappa shape index (κ2) is 7.47. The van der Waals surface area contributed by atoms with Crippen molar-refractivity contribution in [2.24, 2.45) is 0 Å². The van der Waals surface area contributed by atoms with Gasteiger partial charge in [-0.15, -0.1) is 0 Å². The first-order chi connectivity index (χ1) is 11.4. The second-order valence-corrected chi connectivity index (χ2v) is 6.06. The van der Waals surface area contributed by atoms with Gasteiger partial charge in [-0.25, -0.2) is 0 Å². The molecule has 0 saturated heterocycles. The zero-order valence-corrected chi connectivity index (χ0v) is 15.0. The van der Waals surface area contributed by atoms with E-state index in [9.17, 15) is 9.59 Å². The molecule has 1 N–H and O–H groups in total. The van der Waals surface area contributed by atoms with Crippen molar-refractivity contribution in [2.45, 2.75) is 54.0 Å². The molecular formula is C18H25N3O3. The van der Waals surface area contributed by atoms with Crippen LogP contribution in [0.1, 0.15) is 52.0 Å². The topological polar surface area (TPSA) is 77.1 Å². The van der Waals surface area contributed by atoms with Crippen LogP contribution >= 0.6 is 0 Å². The van der Waals surface area contributed by atoms with E-state index >= 15 is 0 Å². The van der Waals surface area contributed by atoms with Gasteiger partial charge in [0.1, 0.15) is 11.3 Å². The Labute approximate surface area is 141 Å². The summed E-state index contributed by atoms with van der Waals surface area (Å²) in [7, 11) is 0. The fraction of sp³-hybridized carbons (Fsp3) is 0.500. The fourth-order valence-corrected chi connectivity index (χ4v) is 3.01. The Morgan fingerprint density at radius 3 is 2.58 bits per heavy atom. The summed E-state index contributed by atoms with van der Waals surface area (Å²) in [6.07, 6.45) is 1.55. The minimum absolute atomic E-state index is 0.224. The Morgan fingerprint density at radius 2 is 2.00 bits per heavy atom. The third-order valence-electron chi connectivity index (χ3n) is 4.32. The molecule has 2 rings (SSSR count). The number of carbonyl (C=O) groups is 1. The van der Waals surface area contributed by atoms with Gasteiger partial charge in [0.15, 0.2) is 0 Å². The highest BCUT2D eigenvalue weighted by Gasteiger charge is 2.17. The second-order valence-electron chi connectivity index (χ2n) is 6.06.